The average molecular weight is 441 g/mol. The van der Waals surface area contributed by atoms with Gasteiger partial charge in [0.15, 0.2) is 0 Å². The number of fused-ring (bicyclic) bond motifs is 1. The molecule has 3 aliphatic rings. The highest BCUT2D eigenvalue weighted by atomic mass is 14.6. The van der Waals surface area contributed by atoms with Gasteiger partial charge in [0, 0.05) is 0 Å². The van der Waals surface area contributed by atoms with Crippen molar-refractivity contribution >= 4 is 0 Å². The topological polar surface area (TPSA) is 0 Å². The molecule has 10 atom stereocenters. The molecule has 3 aliphatic carbocycles. The van der Waals surface area contributed by atoms with Gasteiger partial charge in [0.25, 0.3) is 0 Å². The van der Waals surface area contributed by atoms with E-state index >= 15 is 0 Å². The summed E-state index contributed by atoms with van der Waals surface area (Å²) in [6, 6.07) is 0. The van der Waals surface area contributed by atoms with E-state index < -0.39 is 0 Å². The van der Waals surface area contributed by atoms with Crippen molar-refractivity contribution in [3.05, 3.63) is 24.3 Å². The minimum atomic E-state index is 0.604. The third kappa shape index (κ3) is 6.33. The van der Waals surface area contributed by atoms with E-state index in [4.69, 9.17) is 0 Å². The average Bonchev–Trinajstić information content (AvgIpc) is 3.63. The molecule has 184 valence electrons. The maximum atomic E-state index is 4.56. The van der Waals surface area contributed by atoms with Gasteiger partial charge < -0.3 is 0 Å². The first-order valence-electron chi connectivity index (χ1n) is 14.5. The fourth-order valence-electron chi connectivity index (χ4n) is 7.86. The van der Waals surface area contributed by atoms with Gasteiger partial charge in [-0.1, -0.05) is 78.7 Å². The van der Waals surface area contributed by atoms with Crippen molar-refractivity contribution in [1.82, 2.24) is 0 Å². The molecule has 0 heteroatoms. The molecule has 2 saturated carbocycles. The largest absolute Gasteiger partial charge is 0.0999 e. The van der Waals surface area contributed by atoms with E-state index in [0.29, 0.717) is 11.3 Å². The van der Waals surface area contributed by atoms with E-state index in [2.05, 4.69) is 67.2 Å². The number of rotatable bonds is 10. The first-order valence-corrected chi connectivity index (χ1v) is 14.5. The Morgan fingerprint density at radius 1 is 1.09 bits per heavy atom. The zero-order valence-electron chi connectivity index (χ0n) is 22.8. The number of allylic oxidation sites excluding steroid dienone is 3. The number of hydrogen-bond donors (Lipinski definition) is 0. The van der Waals surface area contributed by atoms with Crippen LogP contribution in [0.25, 0.3) is 0 Å². The van der Waals surface area contributed by atoms with Crippen LogP contribution in [0.1, 0.15) is 119 Å². The van der Waals surface area contributed by atoms with Crippen molar-refractivity contribution in [1.29, 1.82) is 0 Å². The second-order valence-corrected chi connectivity index (χ2v) is 13.2. The third-order valence-corrected chi connectivity index (χ3v) is 10.6. The molecular weight excluding hydrogens is 384 g/mol. The molecule has 0 heterocycles. The van der Waals surface area contributed by atoms with Crippen LogP contribution in [0.5, 0.6) is 0 Å². The van der Waals surface area contributed by atoms with Gasteiger partial charge in [-0.25, -0.2) is 0 Å². The van der Waals surface area contributed by atoms with Crippen molar-refractivity contribution < 1.29 is 0 Å². The van der Waals surface area contributed by atoms with Crippen LogP contribution >= 0.6 is 0 Å². The summed E-state index contributed by atoms with van der Waals surface area (Å²) in [5.41, 5.74) is 2.07. The smallest absolute Gasteiger partial charge is 0.0180 e. The van der Waals surface area contributed by atoms with Crippen molar-refractivity contribution in [3.8, 4) is 0 Å². The maximum absolute atomic E-state index is 4.56. The van der Waals surface area contributed by atoms with Gasteiger partial charge in [-0.2, -0.15) is 0 Å². The lowest BCUT2D eigenvalue weighted by Gasteiger charge is -2.34. The van der Waals surface area contributed by atoms with Gasteiger partial charge in [-0.15, -0.1) is 0 Å². The van der Waals surface area contributed by atoms with Gasteiger partial charge >= 0.3 is 0 Å². The standard InChI is InChI=1S/C32H56/c1-9-15-23(4)29(30-19-25(30)6)18-24(5)28(22(2)3)20-27-17-14-12-10-11-13-16-26(7)32(8)21-31(27)32/h10-11,23-31H,2,9,12-21H2,1,3-8H3. The first kappa shape index (κ1) is 26.1. The highest BCUT2D eigenvalue weighted by molar-refractivity contribution is 5.08. The molecule has 0 saturated heterocycles. The zero-order valence-corrected chi connectivity index (χ0v) is 22.8. The Balaban J connectivity index is 1.69. The highest BCUT2D eigenvalue weighted by Crippen LogP contribution is 2.64. The summed E-state index contributed by atoms with van der Waals surface area (Å²) < 4.78 is 0. The van der Waals surface area contributed by atoms with Crippen LogP contribution in [0.15, 0.2) is 24.3 Å². The molecule has 0 aromatic rings. The molecule has 3 rings (SSSR count). The molecule has 0 amide bonds. The Morgan fingerprint density at radius 3 is 2.41 bits per heavy atom. The lowest BCUT2D eigenvalue weighted by atomic mass is 9.71. The van der Waals surface area contributed by atoms with Gasteiger partial charge in [0.05, 0.1) is 0 Å². The van der Waals surface area contributed by atoms with E-state index in [0.717, 1.165) is 47.3 Å². The number of hydrogen-bond acceptors (Lipinski definition) is 0. The zero-order chi connectivity index (χ0) is 23.5. The Hall–Kier alpha value is -0.520. The SMILES string of the molecule is C=C(C)C(CC1CCCC=CCCC(C)C2(C)CC12)C(C)CC(C(C)CCC)C1CC1C. The Kier molecular flexibility index (Phi) is 9.19. The van der Waals surface area contributed by atoms with Gasteiger partial charge in [0.1, 0.15) is 0 Å². The Bertz CT molecular complexity index is 628. The van der Waals surface area contributed by atoms with Gasteiger partial charge in [0.2, 0.25) is 0 Å². The predicted molar refractivity (Wildman–Crippen MR) is 143 cm³/mol. The van der Waals surface area contributed by atoms with Gasteiger partial charge in [-0.3, -0.25) is 0 Å². The maximum Gasteiger partial charge on any atom is -0.0180 e. The summed E-state index contributed by atoms with van der Waals surface area (Å²) in [5.74, 6) is 8.03. The fraction of sp³-hybridized carbons (Fsp3) is 0.875. The van der Waals surface area contributed by atoms with Crippen LogP contribution < -0.4 is 0 Å². The highest BCUT2D eigenvalue weighted by Gasteiger charge is 2.56. The molecule has 0 aromatic carbocycles. The molecule has 32 heavy (non-hydrogen) atoms. The molecule has 0 aliphatic heterocycles. The lowest BCUT2D eigenvalue weighted by Crippen LogP contribution is -2.25. The summed E-state index contributed by atoms with van der Waals surface area (Å²) >= 11 is 0. The molecular formula is C32H56. The quantitative estimate of drug-likeness (QED) is 0.296. The second-order valence-electron chi connectivity index (χ2n) is 13.2. The molecule has 0 bridgehead atoms. The summed E-state index contributed by atoms with van der Waals surface area (Å²) in [4.78, 5) is 0. The summed E-state index contributed by atoms with van der Waals surface area (Å²) in [7, 11) is 0. The van der Waals surface area contributed by atoms with Crippen molar-refractivity contribution in [2.45, 2.75) is 119 Å². The summed E-state index contributed by atoms with van der Waals surface area (Å²) in [6.45, 7) is 22.1. The van der Waals surface area contributed by atoms with E-state index in [1.54, 1.807) is 0 Å². The van der Waals surface area contributed by atoms with Crippen LogP contribution in [0.2, 0.25) is 0 Å². The monoisotopic (exact) mass is 440 g/mol. The first-order chi connectivity index (χ1) is 15.2. The van der Waals surface area contributed by atoms with Crippen LogP contribution in [0.3, 0.4) is 0 Å². The van der Waals surface area contributed by atoms with E-state index in [9.17, 15) is 0 Å². The van der Waals surface area contributed by atoms with Crippen LogP contribution in [0, 0.1) is 58.7 Å². The molecule has 0 nitrogen and oxygen atoms in total. The molecule has 10 unspecified atom stereocenters. The predicted octanol–water partition coefficient (Wildman–Crippen LogP) is 10.1. The van der Waals surface area contributed by atoms with E-state index in [1.807, 2.05) is 0 Å². The molecule has 0 spiro atoms. The third-order valence-electron chi connectivity index (χ3n) is 10.6. The summed E-state index contributed by atoms with van der Waals surface area (Å²) in [5, 5.41) is 0. The van der Waals surface area contributed by atoms with Gasteiger partial charge in [-0.05, 0) is 123 Å². The Labute approximate surface area is 202 Å². The molecule has 0 aromatic heterocycles. The molecule has 0 radical (unpaired) electrons. The van der Waals surface area contributed by atoms with Crippen molar-refractivity contribution in [2.75, 3.05) is 0 Å². The van der Waals surface area contributed by atoms with Crippen LogP contribution in [-0.2, 0) is 0 Å². The second kappa shape index (κ2) is 11.3. The fourth-order valence-corrected chi connectivity index (χ4v) is 7.86. The summed E-state index contributed by atoms with van der Waals surface area (Å²) in [6.07, 6.45) is 20.3. The van der Waals surface area contributed by atoms with Crippen LogP contribution in [0.4, 0.5) is 0 Å². The lowest BCUT2D eigenvalue weighted by molar-refractivity contribution is 0.182. The minimum Gasteiger partial charge on any atom is -0.0999 e. The van der Waals surface area contributed by atoms with E-state index in [1.165, 1.54) is 76.2 Å². The Morgan fingerprint density at radius 2 is 1.78 bits per heavy atom. The van der Waals surface area contributed by atoms with E-state index in [-0.39, 0.29) is 0 Å². The van der Waals surface area contributed by atoms with Crippen molar-refractivity contribution in [2.24, 2.45) is 58.7 Å². The van der Waals surface area contributed by atoms with Crippen molar-refractivity contribution in [3.63, 3.8) is 0 Å². The molecule has 2 fully saturated rings. The molecule has 0 N–H and O–H groups in total. The normalized spacial score (nSPS) is 38.7. The minimum absolute atomic E-state index is 0.604. The van der Waals surface area contributed by atoms with Crippen LogP contribution in [-0.4, -0.2) is 0 Å².